The number of hydrogen-bond donors (Lipinski definition) is 3. The van der Waals surface area contributed by atoms with E-state index in [1.165, 1.54) is 7.11 Å². The summed E-state index contributed by atoms with van der Waals surface area (Å²) in [7, 11) is 1.52. The van der Waals surface area contributed by atoms with Crippen molar-refractivity contribution in [3.8, 4) is 11.5 Å². The molecule has 2 aromatic carbocycles. The van der Waals surface area contributed by atoms with Crippen molar-refractivity contribution in [2.24, 2.45) is 4.99 Å². The Bertz CT molecular complexity index is 710. The first-order chi connectivity index (χ1) is 11.6. The van der Waals surface area contributed by atoms with Gasteiger partial charge in [-0.25, -0.2) is 4.99 Å². The van der Waals surface area contributed by atoms with Gasteiger partial charge < -0.3 is 20.5 Å². The van der Waals surface area contributed by atoms with Gasteiger partial charge in [0, 0.05) is 18.1 Å². The summed E-state index contributed by atoms with van der Waals surface area (Å²) in [4.78, 5) is 4.52. The minimum atomic E-state index is 0. The molecule has 0 radical (unpaired) electrons. The number of halogens is 2. The predicted octanol–water partition coefficient (Wildman–Crippen LogP) is 3.93. The fourth-order valence-electron chi connectivity index (χ4n) is 2.17. The van der Waals surface area contributed by atoms with Gasteiger partial charge in [-0.15, -0.1) is 24.0 Å². The fourth-order valence-corrected chi connectivity index (χ4v) is 2.37. The Morgan fingerprint density at radius 1 is 1.20 bits per heavy atom. The van der Waals surface area contributed by atoms with Crippen molar-refractivity contribution in [1.82, 2.24) is 10.6 Å². The van der Waals surface area contributed by atoms with Gasteiger partial charge in [-0.1, -0.05) is 35.9 Å². The van der Waals surface area contributed by atoms with Gasteiger partial charge in [-0.3, -0.25) is 0 Å². The van der Waals surface area contributed by atoms with E-state index < -0.39 is 0 Å². The lowest BCUT2D eigenvalue weighted by atomic mass is 10.2. The van der Waals surface area contributed by atoms with Crippen molar-refractivity contribution < 1.29 is 9.84 Å². The molecule has 0 amide bonds. The van der Waals surface area contributed by atoms with Crippen LogP contribution in [0.15, 0.2) is 47.5 Å². The molecule has 0 aliphatic carbocycles. The largest absolute Gasteiger partial charge is 0.504 e. The summed E-state index contributed by atoms with van der Waals surface area (Å²) < 4.78 is 5.04. The number of aliphatic imine (C=N–C) groups is 1. The number of phenols is 1. The third kappa shape index (κ3) is 6.62. The molecule has 0 fully saturated rings. The van der Waals surface area contributed by atoms with E-state index in [-0.39, 0.29) is 29.7 Å². The molecule has 3 N–H and O–H groups in total. The molecule has 0 saturated heterocycles. The average molecular weight is 476 g/mol. The van der Waals surface area contributed by atoms with Crippen LogP contribution in [0, 0.1) is 0 Å². The highest BCUT2D eigenvalue weighted by Crippen LogP contribution is 2.26. The SMILES string of the molecule is CCNC(=NCc1ccc(OC)c(O)c1)NCc1ccccc1Cl.I. The van der Waals surface area contributed by atoms with Gasteiger partial charge in [0.1, 0.15) is 0 Å². The molecule has 0 bridgehead atoms. The summed E-state index contributed by atoms with van der Waals surface area (Å²) in [5.41, 5.74) is 1.90. The molecule has 0 heterocycles. The van der Waals surface area contributed by atoms with E-state index in [4.69, 9.17) is 16.3 Å². The number of phenolic OH excluding ortho intramolecular Hbond substituents is 1. The fraction of sp³-hybridized carbons (Fsp3) is 0.278. The van der Waals surface area contributed by atoms with Crippen molar-refractivity contribution in [1.29, 1.82) is 0 Å². The van der Waals surface area contributed by atoms with Crippen LogP contribution >= 0.6 is 35.6 Å². The van der Waals surface area contributed by atoms with Crippen LogP contribution in [0.1, 0.15) is 18.1 Å². The Hall–Kier alpha value is -1.67. The maximum atomic E-state index is 9.82. The van der Waals surface area contributed by atoms with E-state index in [1.54, 1.807) is 12.1 Å². The quantitative estimate of drug-likeness (QED) is 0.336. The van der Waals surface area contributed by atoms with Crippen molar-refractivity contribution in [3.05, 3.63) is 58.6 Å². The topological polar surface area (TPSA) is 65.9 Å². The molecule has 0 unspecified atom stereocenters. The second-order valence-electron chi connectivity index (χ2n) is 5.15. The summed E-state index contributed by atoms with van der Waals surface area (Å²) >= 11 is 6.16. The number of nitrogens with zero attached hydrogens (tertiary/aromatic N) is 1. The third-order valence-electron chi connectivity index (χ3n) is 3.41. The molecule has 0 saturated carbocycles. The molecule has 0 aliphatic rings. The third-order valence-corrected chi connectivity index (χ3v) is 3.78. The molecule has 0 spiro atoms. The Labute approximate surface area is 170 Å². The van der Waals surface area contributed by atoms with Gasteiger partial charge in [0.15, 0.2) is 17.5 Å². The Kier molecular flexibility index (Phi) is 9.44. The minimum Gasteiger partial charge on any atom is -0.504 e. The molecule has 0 aliphatic heterocycles. The zero-order valence-electron chi connectivity index (χ0n) is 14.3. The predicted molar refractivity (Wildman–Crippen MR) is 113 cm³/mol. The highest BCUT2D eigenvalue weighted by atomic mass is 127. The zero-order chi connectivity index (χ0) is 17.4. The first-order valence-electron chi connectivity index (χ1n) is 7.75. The van der Waals surface area contributed by atoms with Gasteiger partial charge in [0.25, 0.3) is 0 Å². The number of ether oxygens (including phenoxy) is 1. The number of rotatable bonds is 6. The molecule has 0 aromatic heterocycles. The van der Waals surface area contributed by atoms with Crippen LogP contribution in [0.4, 0.5) is 0 Å². The van der Waals surface area contributed by atoms with E-state index >= 15 is 0 Å². The second-order valence-corrected chi connectivity index (χ2v) is 5.55. The number of aromatic hydroxyl groups is 1. The highest BCUT2D eigenvalue weighted by Gasteiger charge is 2.04. The standard InChI is InChI=1S/C18H22ClN3O2.HI/c1-3-20-18(22-12-14-6-4-5-7-15(14)19)21-11-13-8-9-17(24-2)16(23)10-13;/h4-10,23H,3,11-12H2,1-2H3,(H2,20,21,22);1H. The maximum Gasteiger partial charge on any atom is 0.191 e. The van der Waals surface area contributed by atoms with Gasteiger partial charge in [0.2, 0.25) is 0 Å². The molecular formula is C18H23ClIN3O2. The molecule has 136 valence electrons. The molecule has 7 heteroatoms. The van der Waals surface area contributed by atoms with Gasteiger partial charge in [-0.05, 0) is 36.2 Å². The summed E-state index contributed by atoms with van der Waals surface area (Å²) in [6, 6.07) is 12.9. The lowest BCUT2D eigenvalue weighted by Crippen LogP contribution is -2.36. The Morgan fingerprint density at radius 2 is 1.96 bits per heavy atom. The van der Waals surface area contributed by atoms with E-state index in [2.05, 4.69) is 15.6 Å². The smallest absolute Gasteiger partial charge is 0.191 e. The molecule has 2 aromatic rings. The molecular weight excluding hydrogens is 453 g/mol. The Balaban J connectivity index is 0.00000312. The minimum absolute atomic E-state index is 0. The first kappa shape index (κ1) is 21.4. The summed E-state index contributed by atoms with van der Waals surface area (Å²) in [6.45, 7) is 3.78. The van der Waals surface area contributed by atoms with E-state index in [0.29, 0.717) is 24.8 Å². The lowest BCUT2D eigenvalue weighted by molar-refractivity contribution is 0.373. The van der Waals surface area contributed by atoms with E-state index in [0.717, 1.165) is 22.7 Å². The summed E-state index contributed by atoms with van der Waals surface area (Å²) in [6.07, 6.45) is 0. The monoisotopic (exact) mass is 475 g/mol. The molecule has 5 nitrogen and oxygen atoms in total. The average Bonchev–Trinajstić information content (AvgIpc) is 2.58. The summed E-state index contributed by atoms with van der Waals surface area (Å²) in [5, 5.41) is 17.0. The van der Waals surface area contributed by atoms with Crippen molar-refractivity contribution >= 4 is 41.5 Å². The molecule has 0 atom stereocenters. The summed E-state index contributed by atoms with van der Waals surface area (Å²) in [5.74, 6) is 1.25. The van der Waals surface area contributed by atoms with Crippen molar-refractivity contribution in [3.63, 3.8) is 0 Å². The first-order valence-corrected chi connectivity index (χ1v) is 8.13. The number of methoxy groups -OCH3 is 1. The number of guanidine groups is 1. The van der Waals surface area contributed by atoms with Gasteiger partial charge >= 0.3 is 0 Å². The van der Waals surface area contributed by atoms with Crippen LogP contribution < -0.4 is 15.4 Å². The van der Waals surface area contributed by atoms with Crippen LogP contribution in [0.5, 0.6) is 11.5 Å². The van der Waals surface area contributed by atoms with Crippen LogP contribution in [-0.4, -0.2) is 24.7 Å². The van der Waals surface area contributed by atoms with Gasteiger partial charge in [0.05, 0.1) is 13.7 Å². The lowest BCUT2D eigenvalue weighted by Gasteiger charge is -2.12. The zero-order valence-corrected chi connectivity index (χ0v) is 17.3. The van der Waals surface area contributed by atoms with Crippen molar-refractivity contribution in [2.45, 2.75) is 20.0 Å². The van der Waals surface area contributed by atoms with E-state index in [9.17, 15) is 5.11 Å². The van der Waals surface area contributed by atoms with Crippen LogP contribution in [0.25, 0.3) is 0 Å². The van der Waals surface area contributed by atoms with Gasteiger partial charge in [-0.2, -0.15) is 0 Å². The van der Waals surface area contributed by atoms with Crippen LogP contribution in [-0.2, 0) is 13.1 Å². The highest BCUT2D eigenvalue weighted by molar-refractivity contribution is 14.0. The van der Waals surface area contributed by atoms with Crippen molar-refractivity contribution in [2.75, 3.05) is 13.7 Å². The number of hydrogen-bond acceptors (Lipinski definition) is 3. The normalized spacial score (nSPS) is 10.8. The Morgan fingerprint density at radius 3 is 2.60 bits per heavy atom. The van der Waals surface area contributed by atoms with Crippen LogP contribution in [0.2, 0.25) is 5.02 Å². The molecule has 25 heavy (non-hydrogen) atoms. The number of nitrogens with one attached hydrogen (secondary N) is 2. The number of benzene rings is 2. The maximum absolute atomic E-state index is 9.82. The van der Waals surface area contributed by atoms with E-state index in [1.807, 2.05) is 37.3 Å². The second kappa shape index (κ2) is 11.0. The molecule has 2 rings (SSSR count). The van der Waals surface area contributed by atoms with Crippen LogP contribution in [0.3, 0.4) is 0 Å².